The number of pyridine rings is 1. The number of anilines is 1. The fourth-order valence-corrected chi connectivity index (χ4v) is 1.29. The number of aromatic nitrogens is 4. The molecule has 2 aromatic rings. The van der Waals surface area contributed by atoms with E-state index >= 15 is 0 Å². The number of hydrogen-bond donors (Lipinski definition) is 1. The van der Waals surface area contributed by atoms with Crippen molar-refractivity contribution in [1.82, 2.24) is 19.9 Å². The lowest BCUT2D eigenvalue weighted by Gasteiger charge is -2.06. The van der Waals surface area contributed by atoms with Crippen LogP contribution in [0.4, 0.5) is 5.95 Å². The molecule has 0 atom stereocenters. The van der Waals surface area contributed by atoms with E-state index in [1.54, 1.807) is 25.4 Å². The summed E-state index contributed by atoms with van der Waals surface area (Å²) in [5, 5.41) is 0. The summed E-state index contributed by atoms with van der Waals surface area (Å²) in [4.78, 5) is 16.0. The van der Waals surface area contributed by atoms with Crippen LogP contribution < -0.4 is 15.2 Å². The van der Waals surface area contributed by atoms with Crippen molar-refractivity contribution in [2.75, 3.05) is 20.0 Å². The minimum absolute atomic E-state index is 0.0690. The van der Waals surface area contributed by atoms with Crippen molar-refractivity contribution in [2.24, 2.45) is 0 Å². The smallest absolute Gasteiger partial charge is 0.321 e. The number of nitrogens with zero attached hydrogens (tertiary/aromatic N) is 4. The van der Waals surface area contributed by atoms with Crippen LogP contribution in [-0.2, 0) is 0 Å². The first kappa shape index (κ1) is 11.1. The average molecular weight is 233 g/mol. The second kappa shape index (κ2) is 4.60. The molecule has 17 heavy (non-hydrogen) atoms. The Bertz CT molecular complexity index is 532. The van der Waals surface area contributed by atoms with Gasteiger partial charge in [0.15, 0.2) is 5.82 Å². The molecule has 0 aliphatic rings. The zero-order valence-electron chi connectivity index (χ0n) is 9.41. The van der Waals surface area contributed by atoms with Crippen molar-refractivity contribution in [3.05, 3.63) is 18.3 Å². The Hall–Kier alpha value is -2.44. The highest BCUT2D eigenvalue weighted by Crippen LogP contribution is 2.25. The maximum Gasteiger partial charge on any atom is 0.321 e. The van der Waals surface area contributed by atoms with Crippen molar-refractivity contribution in [3.63, 3.8) is 0 Å². The van der Waals surface area contributed by atoms with E-state index in [4.69, 9.17) is 15.2 Å². The molecule has 0 unspecified atom stereocenters. The minimum atomic E-state index is 0.0690. The lowest BCUT2D eigenvalue weighted by Crippen LogP contribution is -2.04. The van der Waals surface area contributed by atoms with E-state index in [1.165, 1.54) is 7.11 Å². The number of nitrogen functional groups attached to an aromatic ring is 1. The molecule has 2 N–H and O–H groups in total. The molecular formula is C10H11N5O2. The SMILES string of the molecule is COc1nc(N)nc(-c2ncccc2OC)n1. The summed E-state index contributed by atoms with van der Waals surface area (Å²) in [6.45, 7) is 0. The highest BCUT2D eigenvalue weighted by atomic mass is 16.5. The molecule has 7 heteroatoms. The molecule has 0 spiro atoms. The Morgan fingerprint density at radius 3 is 2.65 bits per heavy atom. The normalized spacial score (nSPS) is 10.0. The third-order valence-corrected chi connectivity index (χ3v) is 2.02. The molecule has 7 nitrogen and oxygen atoms in total. The van der Waals surface area contributed by atoms with Gasteiger partial charge in [-0.3, -0.25) is 0 Å². The van der Waals surface area contributed by atoms with E-state index in [9.17, 15) is 0 Å². The topological polar surface area (TPSA) is 96.0 Å². The summed E-state index contributed by atoms with van der Waals surface area (Å²) in [6, 6.07) is 3.65. The molecule has 88 valence electrons. The Kier molecular flexibility index (Phi) is 2.99. The molecule has 0 aromatic carbocycles. The van der Waals surface area contributed by atoms with Gasteiger partial charge in [-0.1, -0.05) is 0 Å². The van der Waals surface area contributed by atoms with Gasteiger partial charge in [0.05, 0.1) is 14.2 Å². The van der Waals surface area contributed by atoms with Crippen molar-refractivity contribution in [1.29, 1.82) is 0 Å². The van der Waals surface area contributed by atoms with Crippen LogP contribution in [0.5, 0.6) is 11.8 Å². The Labute approximate surface area is 97.7 Å². The van der Waals surface area contributed by atoms with E-state index in [2.05, 4.69) is 19.9 Å². The van der Waals surface area contributed by atoms with E-state index in [0.29, 0.717) is 17.3 Å². The Morgan fingerprint density at radius 2 is 1.94 bits per heavy atom. The first-order chi connectivity index (χ1) is 8.24. The molecule has 0 amide bonds. The fourth-order valence-electron chi connectivity index (χ4n) is 1.29. The quantitative estimate of drug-likeness (QED) is 0.826. The molecular weight excluding hydrogens is 222 g/mol. The van der Waals surface area contributed by atoms with Gasteiger partial charge < -0.3 is 15.2 Å². The van der Waals surface area contributed by atoms with Crippen molar-refractivity contribution in [2.45, 2.75) is 0 Å². The molecule has 0 saturated carbocycles. The summed E-state index contributed by atoms with van der Waals surface area (Å²) in [5.41, 5.74) is 6.04. The van der Waals surface area contributed by atoms with Crippen LogP contribution in [0.2, 0.25) is 0 Å². The van der Waals surface area contributed by atoms with Crippen LogP contribution in [-0.4, -0.2) is 34.2 Å². The van der Waals surface area contributed by atoms with Crippen LogP contribution in [0, 0.1) is 0 Å². The van der Waals surface area contributed by atoms with Gasteiger partial charge in [0.1, 0.15) is 11.4 Å². The number of methoxy groups -OCH3 is 2. The molecule has 0 saturated heterocycles. The van der Waals surface area contributed by atoms with Gasteiger partial charge in [0.2, 0.25) is 5.95 Å². The Balaban J connectivity index is 2.55. The molecule has 0 radical (unpaired) electrons. The van der Waals surface area contributed by atoms with Crippen LogP contribution in [0.25, 0.3) is 11.5 Å². The van der Waals surface area contributed by atoms with Crippen molar-refractivity contribution in [3.8, 4) is 23.3 Å². The first-order valence-corrected chi connectivity index (χ1v) is 4.79. The number of nitrogens with two attached hydrogens (primary N) is 1. The highest BCUT2D eigenvalue weighted by molar-refractivity contribution is 5.59. The first-order valence-electron chi connectivity index (χ1n) is 4.79. The largest absolute Gasteiger partial charge is 0.494 e. The van der Waals surface area contributed by atoms with E-state index in [1.807, 2.05) is 0 Å². The standard InChI is InChI=1S/C10H11N5O2/c1-16-6-4-3-5-12-7(6)8-13-9(11)15-10(14-8)17-2/h3-5H,1-2H3,(H2,11,13,14,15). The molecule has 2 heterocycles. The molecule has 0 bridgehead atoms. The van der Waals surface area contributed by atoms with Gasteiger partial charge in [0.25, 0.3) is 0 Å². The third-order valence-electron chi connectivity index (χ3n) is 2.02. The lowest BCUT2D eigenvalue weighted by molar-refractivity contribution is 0.379. The molecule has 0 aliphatic carbocycles. The zero-order valence-corrected chi connectivity index (χ0v) is 9.41. The van der Waals surface area contributed by atoms with Crippen LogP contribution in [0.15, 0.2) is 18.3 Å². The molecule has 0 aliphatic heterocycles. The van der Waals surface area contributed by atoms with Crippen LogP contribution in [0.3, 0.4) is 0 Å². The number of hydrogen-bond acceptors (Lipinski definition) is 7. The maximum atomic E-state index is 5.55. The second-order valence-electron chi connectivity index (χ2n) is 3.06. The average Bonchev–Trinajstić information content (AvgIpc) is 2.37. The van der Waals surface area contributed by atoms with E-state index in [-0.39, 0.29) is 12.0 Å². The number of ether oxygens (including phenoxy) is 2. The molecule has 2 aromatic heterocycles. The minimum Gasteiger partial charge on any atom is -0.494 e. The molecule has 0 fully saturated rings. The predicted molar refractivity (Wildman–Crippen MR) is 60.6 cm³/mol. The van der Waals surface area contributed by atoms with Gasteiger partial charge in [-0.15, -0.1) is 0 Å². The summed E-state index contributed by atoms with van der Waals surface area (Å²) in [6.07, 6.45) is 1.62. The van der Waals surface area contributed by atoms with E-state index in [0.717, 1.165) is 0 Å². The zero-order chi connectivity index (χ0) is 12.3. The second-order valence-corrected chi connectivity index (χ2v) is 3.06. The van der Waals surface area contributed by atoms with Gasteiger partial charge in [-0.05, 0) is 12.1 Å². The van der Waals surface area contributed by atoms with Crippen LogP contribution >= 0.6 is 0 Å². The predicted octanol–water partition coefficient (Wildman–Crippen LogP) is 0.533. The van der Waals surface area contributed by atoms with Crippen molar-refractivity contribution >= 4 is 5.95 Å². The van der Waals surface area contributed by atoms with E-state index < -0.39 is 0 Å². The maximum absolute atomic E-state index is 5.55. The monoisotopic (exact) mass is 233 g/mol. The third kappa shape index (κ3) is 2.22. The summed E-state index contributed by atoms with van der Waals surface area (Å²) in [5.74, 6) is 0.937. The molecule has 2 rings (SSSR count). The van der Waals surface area contributed by atoms with Crippen LogP contribution in [0.1, 0.15) is 0 Å². The van der Waals surface area contributed by atoms with Gasteiger partial charge >= 0.3 is 6.01 Å². The Morgan fingerprint density at radius 1 is 1.12 bits per heavy atom. The highest BCUT2D eigenvalue weighted by Gasteiger charge is 2.12. The van der Waals surface area contributed by atoms with Gasteiger partial charge in [-0.25, -0.2) is 4.98 Å². The fraction of sp³-hybridized carbons (Fsp3) is 0.200. The summed E-state index contributed by atoms with van der Waals surface area (Å²) in [7, 11) is 3.00. The van der Waals surface area contributed by atoms with Gasteiger partial charge in [-0.2, -0.15) is 15.0 Å². The summed E-state index contributed by atoms with van der Waals surface area (Å²) < 4.78 is 10.1. The lowest BCUT2D eigenvalue weighted by atomic mass is 10.3. The van der Waals surface area contributed by atoms with Gasteiger partial charge in [0, 0.05) is 6.20 Å². The summed E-state index contributed by atoms with van der Waals surface area (Å²) >= 11 is 0. The number of rotatable bonds is 3. The van der Waals surface area contributed by atoms with Crippen molar-refractivity contribution < 1.29 is 9.47 Å².